The molecule has 0 N–H and O–H groups in total. The number of carbonyl (C=O) groups is 1. The fraction of sp³-hybridized carbons (Fsp3) is 0.611. The third-order valence-electron chi connectivity index (χ3n) is 5.20. The number of ether oxygens (including phenoxy) is 1. The highest BCUT2D eigenvalue weighted by Gasteiger charge is 2.38. The summed E-state index contributed by atoms with van der Waals surface area (Å²) in [5.41, 5.74) is 0.612. The molecule has 1 amide bonds. The molecule has 0 bridgehead atoms. The van der Waals surface area contributed by atoms with Gasteiger partial charge in [0.2, 0.25) is 10.0 Å². The van der Waals surface area contributed by atoms with Crippen LogP contribution in [0.2, 0.25) is 0 Å². The Labute approximate surface area is 149 Å². The largest absolute Gasteiger partial charge is 0.381 e. The molecule has 2 heterocycles. The first kappa shape index (κ1) is 18.4. The molecular weight excluding hydrogens is 340 g/mol. The molecule has 2 aliphatic rings. The topological polar surface area (TPSA) is 66.9 Å². The summed E-state index contributed by atoms with van der Waals surface area (Å²) >= 11 is 0. The van der Waals surface area contributed by atoms with Crippen molar-refractivity contribution in [1.29, 1.82) is 0 Å². The molecule has 2 fully saturated rings. The van der Waals surface area contributed by atoms with Crippen molar-refractivity contribution in [3.63, 3.8) is 0 Å². The van der Waals surface area contributed by atoms with E-state index < -0.39 is 15.3 Å². The van der Waals surface area contributed by atoms with Gasteiger partial charge in [-0.3, -0.25) is 4.79 Å². The minimum absolute atomic E-state index is 0.0846. The number of benzene rings is 1. The lowest BCUT2D eigenvalue weighted by molar-refractivity contribution is 0.0597. The van der Waals surface area contributed by atoms with E-state index in [1.165, 1.54) is 0 Å². The maximum Gasteiger partial charge on any atom is 0.253 e. The number of rotatable bonds is 4. The minimum Gasteiger partial charge on any atom is -0.381 e. The third-order valence-corrected chi connectivity index (χ3v) is 7.51. The van der Waals surface area contributed by atoms with E-state index in [9.17, 15) is 13.2 Å². The molecule has 6 nitrogen and oxygen atoms in total. The van der Waals surface area contributed by atoms with Crippen LogP contribution in [0.15, 0.2) is 30.3 Å². The van der Waals surface area contributed by atoms with Gasteiger partial charge in [0, 0.05) is 38.9 Å². The van der Waals surface area contributed by atoms with Gasteiger partial charge in [0.1, 0.15) is 0 Å². The van der Waals surface area contributed by atoms with Crippen LogP contribution < -0.4 is 0 Å². The second-order valence-corrected chi connectivity index (χ2v) is 8.97. The summed E-state index contributed by atoms with van der Waals surface area (Å²) < 4.78 is 32.9. The minimum atomic E-state index is -3.38. The highest BCUT2D eigenvalue weighted by molar-refractivity contribution is 7.89. The molecule has 138 valence electrons. The molecule has 0 saturated carbocycles. The summed E-state index contributed by atoms with van der Waals surface area (Å²) in [6, 6.07) is 9.06. The molecule has 7 heteroatoms. The number of sulfonamides is 1. The quantitative estimate of drug-likeness (QED) is 0.814. The van der Waals surface area contributed by atoms with Crippen molar-refractivity contribution in [2.45, 2.75) is 37.0 Å². The Bertz CT molecular complexity index is 684. The van der Waals surface area contributed by atoms with Crippen molar-refractivity contribution in [2.24, 2.45) is 0 Å². The van der Waals surface area contributed by atoms with Crippen LogP contribution in [0.4, 0.5) is 0 Å². The van der Waals surface area contributed by atoms with Crippen LogP contribution in [-0.4, -0.2) is 68.2 Å². The first-order valence-electron chi connectivity index (χ1n) is 8.88. The van der Waals surface area contributed by atoms with Gasteiger partial charge in [-0.1, -0.05) is 18.2 Å². The number of hydrogen-bond donors (Lipinski definition) is 0. The van der Waals surface area contributed by atoms with Gasteiger partial charge in [-0.15, -0.1) is 0 Å². The molecule has 3 rings (SSSR count). The Hall–Kier alpha value is -1.44. The smallest absolute Gasteiger partial charge is 0.253 e. The van der Waals surface area contributed by atoms with E-state index in [-0.39, 0.29) is 18.6 Å². The molecule has 0 spiro atoms. The fourth-order valence-corrected chi connectivity index (χ4v) is 5.64. The van der Waals surface area contributed by atoms with Crippen LogP contribution in [0, 0.1) is 0 Å². The summed E-state index contributed by atoms with van der Waals surface area (Å²) in [6.07, 6.45) is 2.95. The van der Waals surface area contributed by atoms with Gasteiger partial charge >= 0.3 is 0 Å². The Kier molecular flexibility index (Phi) is 5.76. The molecule has 1 aromatic rings. The van der Waals surface area contributed by atoms with E-state index in [0.29, 0.717) is 31.6 Å². The van der Waals surface area contributed by atoms with Gasteiger partial charge < -0.3 is 9.64 Å². The summed E-state index contributed by atoms with van der Waals surface area (Å²) in [5, 5.41) is -0.506. The fourth-order valence-electron chi connectivity index (χ4n) is 3.66. The highest BCUT2D eigenvalue weighted by atomic mass is 32.2. The molecule has 1 atom stereocenters. The van der Waals surface area contributed by atoms with Crippen LogP contribution in [-0.2, 0) is 14.8 Å². The standard InChI is InChI=1S/C18H26N2O4S/c1-24-16-9-12-20(13-10-16)25(22,23)17-8-5-11-19(14-17)18(21)15-6-3-2-4-7-15/h2-4,6-7,16-17H,5,8-14H2,1H3/t17-/m0/s1. The maximum atomic E-state index is 13.0. The number of piperidine rings is 2. The van der Waals surface area contributed by atoms with E-state index in [2.05, 4.69) is 0 Å². The lowest BCUT2D eigenvalue weighted by Gasteiger charge is -2.37. The predicted molar refractivity (Wildman–Crippen MR) is 95.9 cm³/mol. The number of likely N-dealkylation sites (tertiary alicyclic amines) is 1. The number of hydrogen-bond acceptors (Lipinski definition) is 4. The Morgan fingerprint density at radius 3 is 2.40 bits per heavy atom. The SMILES string of the molecule is COC1CCN(S(=O)(=O)[C@H]2CCCN(C(=O)c3ccccc3)C2)CC1. The maximum absolute atomic E-state index is 13.0. The van der Waals surface area contributed by atoms with Crippen molar-refractivity contribution in [3.05, 3.63) is 35.9 Å². The summed E-state index contributed by atoms with van der Waals surface area (Å²) in [5.74, 6) is -0.0846. The van der Waals surface area contributed by atoms with Gasteiger partial charge in [-0.25, -0.2) is 12.7 Å². The summed E-state index contributed by atoms with van der Waals surface area (Å²) in [6.45, 7) is 1.90. The zero-order chi connectivity index (χ0) is 17.9. The van der Waals surface area contributed by atoms with Crippen LogP contribution in [0.5, 0.6) is 0 Å². The summed E-state index contributed by atoms with van der Waals surface area (Å²) in [7, 11) is -1.71. The average molecular weight is 366 g/mol. The van der Waals surface area contributed by atoms with Gasteiger partial charge in [0.05, 0.1) is 11.4 Å². The zero-order valence-corrected chi connectivity index (χ0v) is 15.5. The van der Waals surface area contributed by atoms with Crippen molar-refractivity contribution >= 4 is 15.9 Å². The molecule has 2 saturated heterocycles. The second kappa shape index (κ2) is 7.85. The van der Waals surface area contributed by atoms with Crippen LogP contribution in [0.25, 0.3) is 0 Å². The predicted octanol–water partition coefficient (Wildman–Crippen LogP) is 1.73. The normalized spacial score (nSPS) is 23.6. The Morgan fingerprint density at radius 1 is 1.08 bits per heavy atom. The lowest BCUT2D eigenvalue weighted by Crippen LogP contribution is -2.51. The van der Waals surface area contributed by atoms with Gasteiger partial charge in [-0.05, 0) is 37.8 Å². The molecule has 0 unspecified atom stereocenters. The molecule has 0 aliphatic carbocycles. The zero-order valence-electron chi connectivity index (χ0n) is 14.6. The van der Waals surface area contributed by atoms with Crippen LogP contribution in [0.1, 0.15) is 36.0 Å². The number of carbonyl (C=O) groups excluding carboxylic acids is 1. The second-order valence-electron chi connectivity index (χ2n) is 6.76. The molecular formula is C18H26N2O4S. The highest BCUT2D eigenvalue weighted by Crippen LogP contribution is 2.25. The monoisotopic (exact) mass is 366 g/mol. The third kappa shape index (κ3) is 4.04. The van der Waals surface area contributed by atoms with E-state index in [0.717, 1.165) is 19.3 Å². The van der Waals surface area contributed by atoms with E-state index in [1.807, 2.05) is 18.2 Å². The van der Waals surface area contributed by atoms with Crippen molar-refractivity contribution in [2.75, 3.05) is 33.3 Å². The van der Waals surface area contributed by atoms with Crippen LogP contribution >= 0.6 is 0 Å². The molecule has 2 aliphatic heterocycles. The van der Waals surface area contributed by atoms with Gasteiger partial charge in [0.15, 0.2) is 0 Å². The van der Waals surface area contributed by atoms with Crippen molar-refractivity contribution in [3.8, 4) is 0 Å². The van der Waals surface area contributed by atoms with Crippen LogP contribution in [0.3, 0.4) is 0 Å². The Morgan fingerprint density at radius 2 is 1.76 bits per heavy atom. The van der Waals surface area contributed by atoms with Crippen molar-refractivity contribution in [1.82, 2.24) is 9.21 Å². The van der Waals surface area contributed by atoms with Gasteiger partial charge in [0.25, 0.3) is 5.91 Å². The van der Waals surface area contributed by atoms with Gasteiger partial charge in [-0.2, -0.15) is 0 Å². The molecule has 25 heavy (non-hydrogen) atoms. The molecule has 1 aromatic carbocycles. The number of nitrogens with zero attached hydrogens (tertiary/aromatic N) is 2. The first-order valence-corrected chi connectivity index (χ1v) is 10.4. The van der Waals surface area contributed by atoms with E-state index in [1.54, 1.807) is 28.4 Å². The lowest BCUT2D eigenvalue weighted by atomic mass is 10.1. The average Bonchev–Trinajstić information content (AvgIpc) is 2.68. The van der Waals surface area contributed by atoms with Crippen molar-refractivity contribution < 1.29 is 17.9 Å². The summed E-state index contributed by atoms with van der Waals surface area (Å²) in [4.78, 5) is 14.3. The van der Waals surface area contributed by atoms with E-state index in [4.69, 9.17) is 4.74 Å². The first-order chi connectivity index (χ1) is 12.0. The molecule has 0 aromatic heterocycles. The number of methoxy groups -OCH3 is 1. The van der Waals surface area contributed by atoms with E-state index >= 15 is 0 Å². The number of amides is 1. The Balaban J connectivity index is 1.67. The molecule has 0 radical (unpaired) electrons.